The summed E-state index contributed by atoms with van der Waals surface area (Å²) in [4.78, 5) is 38.9. The predicted octanol–water partition coefficient (Wildman–Crippen LogP) is 0.772. The summed E-state index contributed by atoms with van der Waals surface area (Å²) in [6.07, 6.45) is 3.58. The van der Waals surface area contributed by atoms with Crippen LogP contribution >= 0.6 is 0 Å². The first-order valence-electron chi connectivity index (χ1n) is 6.56. The lowest BCUT2D eigenvalue weighted by molar-refractivity contribution is -0.147. The molecular weight excluding hydrogens is 264 g/mol. The van der Waals surface area contributed by atoms with Crippen LogP contribution in [0.25, 0.3) is 0 Å². The van der Waals surface area contributed by atoms with Crippen LogP contribution < -0.4 is 5.56 Å². The number of unbranched alkanes of at least 4 members (excludes halogenated alkanes) is 1. The predicted molar refractivity (Wildman–Crippen MR) is 68.7 cm³/mol. The normalized spacial score (nSPS) is 16.8. The van der Waals surface area contributed by atoms with Crippen LogP contribution in [0.1, 0.15) is 48.4 Å². The van der Waals surface area contributed by atoms with E-state index in [-0.39, 0.29) is 0 Å². The van der Waals surface area contributed by atoms with E-state index in [9.17, 15) is 14.4 Å². The Kier molecular flexibility index (Phi) is 4.16. The summed E-state index contributed by atoms with van der Waals surface area (Å²) in [6, 6.07) is -0.763. The Morgan fingerprint density at radius 2 is 2.30 bits per heavy atom. The second-order valence-corrected chi connectivity index (χ2v) is 4.64. The first-order valence-corrected chi connectivity index (χ1v) is 6.56. The Labute approximate surface area is 115 Å². The Balaban J connectivity index is 2.27. The lowest BCUT2D eigenvalue weighted by Crippen LogP contribution is -2.33. The van der Waals surface area contributed by atoms with Gasteiger partial charge >= 0.3 is 11.9 Å². The van der Waals surface area contributed by atoms with Crippen LogP contribution in [0.2, 0.25) is 0 Å². The maximum Gasteiger partial charge on any atom is 0.342 e. The lowest BCUT2D eigenvalue weighted by Gasteiger charge is -2.13. The molecule has 1 aromatic rings. The standard InChI is InChI=1S/C13H16N2O5/c1-2-3-6-20-13(19)9-4-5-10-14-7-8(12(17)18)11(16)15(9)10/h7,9H,2-6H2,1H3,(H,17,18). The van der Waals surface area contributed by atoms with E-state index in [0.717, 1.165) is 23.6 Å². The summed E-state index contributed by atoms with van der Waals surface area (Å²) < 4.78 is 6.26. The third-order valence-electron chi connectivity index (χ3n) is 3.27. The van der Waals surface area contributed by atoms with Crippen LogP contribution in [0.3, 0.4) is 0 Å². The zero-order valence-electron chi connectivity index (χ0n) is 11.2. The molecule has 0 saturated heterocycles. The Hall–Kier alpha value is -2.18. The fourth-order valence-electron chi connectivity index (χ4n) is 2.19. The van der Waals surface area contributed by atoms with Crippen molar-refractivity contribution in [1.29, 1.82) is 0 Å². The smallest absolute Gasteiger partial charge is 0.342 e. The molecule has 1 atom stereocenters. The minimum atomic E-state index is -1.34. The van der Waals surface area contributed by atoms with Crippen molar-refractivity contribution in [2.45, 2.75) is 38.6 Å². The summed E-state index contributed by atoms with van der Waals surface area (Å²) in [7, 11) is 0. The number of carbonyl (C=O) groups excluding carboxylic acids is 1. The molecule has 0 bridgehead atoms. The molecule has 7 nitrogen and oxygen atoms in total. The number of aryl methyl sites for hydroxylation is 1. The molecule has 0 aliphatic carbocycles. The lowest BCUT2D eigenvalue weighted by atomic mass is 10.2. The maximum absolute atomic E-state index is 12.1. The molecular formula is C13H16N2O5. The van der Waals surface area contributed by atoms with E-state index < -0.39 is 29.1 Å². The zero-order chi connectivity index (χ0) is 14.7. The van der Waals surface area contributed by atoms with Gasteiger partial charge in [-0.05, 0) is 12.8 Å². The van der Waals surface area contributed by atoms with Crippen molar-refractivity contribution >= 4 is 11.9 Å². The van der Waals surface area contributed by atoms with E-state index >= 15 is 0 Å². The van der Waals surface area contributed by atoms with Crippen molar-refractivity contribution in [1.82, 2.24) is 9.55 Å². The first-order chi connectivity index (χ1) is 9.56. The van der Waals surface area contributed by atoms with Gasteiger partial charge in [0.1, 0.15) is 17.4 Å². The van der Waals surface area contributed by atoms with Gasteiger partial charge in [-0.3, -0.25) is 9.36 Å². The van der Waals surface area contributed by atoms with Crippen molar-refractivity contribution in [3.05, 3.63) is 27.9 Å². The first kappa shape index (κ1) is 14.2. The summed E-state index contributed by atoms with van der Waals surface area (Å²) >= 11 is 0. The number of hydrogen-bond acceptors (Lipinski definition) is 5. The molecule has 0 spiro atoms. The average molecular weight is 280 g/mol. The van der Waals surface area contributed by atoms with Crippen molar-refractivity contribution in [3.63, 3.8) is 0 Å². The molecule has 0 fully saturated rings. The highest BCUT2D eigenvalue weighted by atomic mass is 16.5. The number of esters is 1. The molecule has 1 aromatic heterocycles. The van der Waals surface area contributed by atoms with Gasteiger partial charge in [0.15, 0.2) is 0 Å². The largest absolute Gasteiger partial charge is 0.477 e. The SMILES string of the molecule is CCCCOC(=O)C1CCc2ncc(C(=O)O)c(=O)n21. The van der Waals surface area contributed by atoms with Crippen molar-refractivity contribution in [2.24, 2.45) is 0 Å². The second kappa shape index (κ2) is 5.85. The molecule has 7 heteroatoms. The van der Waals surface area contributed by atoms with Gasteiger partial charge in [-0.2, -0.15) is 0 Å². The minimum absolute atomic E-state index is 0.308. The van der Waals surface area contributed by atoms with Gasteiger partial charge in [-0.1, -0.05) is 13.3 Å². The Morgan fingerprint density at radius 1 is 1.55 bits per heavy atom. The van der Waals surface area contributed by atoms with Gasteiger partial charge in [0, 0.05) is 12.6 Å². The number of fused-ring (bicyclic) bond motifs is 1. The molecule has 0 radical (unpaired) electrons. The van der Waals surface area contributed by atoms with Gasteiger partial charge in [0.05, 0.1) is 6.61 Å². The van der Waals surface area contributed by atoms with Crippen LogP contribution in [-0.2, 0) is 16.0 Å². The van der Waals surface area contributed by atoms with Crippen LogP contribution in [0.5, 0.6) is 0 Å². The van der Waals surface area contributed by atoms with E-state index in [1.807, 2.05) is 6.92 Å². The number of carboxylic acid groups (broad SMARTS) is 1. The van der Waals surface area contributed by atoms with Gasteiger partial charge in [0.25, 0.3) is 5.56 Å². The fourth-order valence-corrected chi connectivity index (χ4v) is 2.19. The summed E-state index contributed by atoms with van der Waals surface area (Å²) in [6.45, 7) is 2.29. The van der Waals surface area contributed by atoms with Crippen LogP contribution in [0.15, 0.2) is 11.0 Å². The third kappa shape index (κ3) is 2.56. The van der Waals surface area contributed by atoms with Gasteiger partial charge in [-0.15, -0.1) is 0 Å². The van der Waals surface area contributed by atoms with E-state index in [0.29, 0.717) is 25.3 Å². The topological polar surface area (TPSA) is 98.5 Å². The van der Waals surface area contributed by atoms with E-state index in [4.69, 9.17) is 9.84 Å². The van der Waals surface area contributed by atoms with Crippen LogP contribution in [0.4, 0.5) is 0 Å². The molecule has 1 aliphatic heterocycles. The van der Waals surface area contributed by atoms with Crippen LogP contribution in [-0.4, -0.2) is 33.2 Å². The molecule has 2 rings (SSSR count). The third-order valence-corrected chi connectivity index (χ3v) is 3.27. The molecule has 108 valence electrons. The number of aromatic carboxylic acids is 1. The van der Waals surface area contributed by atoms with Crippen LogP contribution in [0, 0.1) is 0 Å². The van der Waals surface area contributed by atoms with Crippen molar-refractivity contribution < 1.29 is 19.4 Å². The summed E-state index contributed by atoms with van der Waals surface area (Å²) in [5.74, 6) is -1.41. The Bertz CT molecular complexity index is 593. The zero-order valence-corrected chi connectivity index (χ0v) is 11.2. The number of nitrogens with zero attached hydrogens (tertiary/aromatic N) is 2. The number of ether oxygens (including phenoxy) is 1. The van der Waals surface area contributed by atoms with E-state index in [2.05, 4.69) is 4.98 Å². The highest BCUT2D eigenvalue weighted by Gasteiger charge is 2.33. The maximum atomic E-state index is 12.1. The molecule has 0 saturated carbocycles. The average Bonchev–Trinajstić information content (AvgIpc) is 2.83. The van der Waals surface area contributed by atoms with Gasteiger partial charge in [-0.25, -0.2) is 14.6 Å². The Morgan fingerprint density at radius 3 is 2.95 bits per heavy atom. The summed E-state index contributed by atoms with van der Waals surface area (Å²) in [5.41, 5.74) is -1.13. The number of hydrogen-bond donors (Lipinski definition) is 1. The minimum Gasteiger partial charge on any atom is -0.477 e. The number of carbonyl (C=O) groups is 2. The van der Waals surface area contributed by atoms with E-state index in [1.165, 1.54) is 0 Å². The quantitative estimate of drug-likeness (QED) is 0.632. The van der Waals surface area contributed by atoms with Gasteiger partial charge in [0.2, 0.25) is 0 Å². The molecule has 1 unspecified atom stereocenters. The highest BCUT2D eigenvalue weighted by molar-refractivity contribution is 5.87. The molecule has 20 heavy (non-hydrogen) atoms. The molecule has 2 heterocycles. The van der Waals surface area contributed by atoms with Gasteiger partial charge < -0.3 is 9.84 Å². The molecule has 1 N–H and O–H groups in total. The molecule has 0 amide bonds. The number of carboxylic acids is 1. The highest BCUT2D eigenvalue weighted by Crippen LogP contribution is 2.23. The molecule has 0 aromatic carbocycles. The monoisotopic (exact) mass is 280 g/mol. The second-order valence-electron chi connectivity index (χ2n) is 4.64. The number of rotatable bonds is 5. The van der Waals surface area contributed by atoms with Crippen molar-refractivity contribution in [3.8, 4) is 0 Å². The number of aromatic nitrogens is 2. The van der Waals surface area contributed by atoms with Crippen molar-refractivity contribution in [2.75, 3.05) is 6.61 Å². The van der Waals surface area contributed by atoms with E-state index in [1.54, 1.807) is 0 Å². The molecule has 1 aliphatic rings. The summed E-state index contributed by atoms with van der Waals surface area (Å²) in [5, 5.41) is 8.93. The fraction of sp³-hybridized carbons (Fsp3) is 0.538.